The SMILES string of the molecule is Cc1ccc(C(=O)[C@@H](C)Sc2nnnn2-c2ccc(Cl)cc2)cc1. The summed E-state index contributed by atoms with van der Waals surface area (Å²) >= 11 is 7.23. The third kappa shape index (κ3) is 3.66. The number of aryl methyl sites for hydroxylation is 1. The summed E-state index contributed by atoms with van der Waals surface area (Å²) in [6, 6.07) is 14.8. The number of aromatic nitrogens is 4. The van der Waals surface area contributed by atoms with Gasteiger partial charge in [-0.25, -0.2) is 0 Å². The fourth-order valence-corrected chi connectivity index (χ4v) is 3.17. The van der Waals surface area contributed by atoms with E-state index >= 15 is 0 Å². The Balaban J connectivity index is 1.79. The van der Waals surface area contributed by atoms with Crippen molar-refractivity contribution >= 4 is 29.1 Å². The molecular weight excluding hydrogens is 344 g/mol. The van der Waals surface area contributed by atoms with E-state index in [4.69, 9.17) is 11.6 Å². The van der Waals surface area contributed by atoms with Crippen LogP contribution < -0.4 is 0 Å². The third-order valence-electron chi connectivity index (χ3n) is 3.50. The van der Waals surface area contributed by atoms with E-state index in [-0.39, 0.29) is 11.0 Å². The summed E-state index contributed by atoms with van der Waals surface area (Å²) in [5.41, 5.74) is 2.60. The first-order valence-corrected chi connectivity index (χ1v) is 8.62. The van der Waals surface area contributed by atoms with Crippen molar-refractivity contribution in [3.63, 3.8) is 0 Å². The van der Waals surface area contributed by atoms with Gasteiger partial charge in [-0.1, -0.05) is 53.2 Å². The molecule has 0 aliphatic heterocycles. The molecule has 3 aromatic rings. The van der Waals surface area contributed by atoms with E-state index < -0.39 is 0 Å². The zero-order chi connectivity index (χ0) is 17.1. The molecule has 0 aliphatic rings. The molecular formula is C17H15ClN4OS. The maximum atomic E-state index is 12.6. The smallest absolute Gasteiger partial charge is 0.214 e. The maximum absolute atomic E-state index is 12.6. The fourth-order valence-electron chi connectivity index (χ4n) is 2.16. The highest BCUT2D eigenvalue weighted by molar-refractivity contribution is 8.00. The summed E-state index contributed by atoms with van der Waals surface area (Å²) in [5.74, 6) is 0.0469. The molecule has 3 rings (SSSR count). The summed E-state index contributed by atoms with van der Waals surface area (Å²) in [5, 5.41) is 12.6. The normalized spacial score (nSPS) is 12.1. The Morgan fingerprint density at radius 3 is 2.46 bits per heavy atom. The van der Waals surface area contributed by atoms with Crippen molar-refractivity contribution in [1.29, 1.82) is 0 Å². The van der Waals surface area contributed by atoms with Gasteiger partial charge >= 0.3 is 0 Å². The highest BCUT2D eigenvalue weighted by Gasteiger charge is 2.20. The number of carbonyl (C=O) groups excluding carboxylic acids is 1. The number of halogens is 1. The molecule has 2 aromatic carbocycles. The van der Waals surface area contributed by atoms with E-state index in [1.807, 2.05) is 50.2 Å². The van der Waals surface area contributed by atoms with Gasteiger partial charge in [0.15, 0.2) is 5.78 Å². The van der Waals surface area contributed by atoms with Crippen LogP contribution in [-0.4, -0.2) is 31.2 Å². The van der Waals surface area contributed by atoms with Crippen molar-refractivity contribution in [1.82, 2.24) is 20.2 Å². The minimum Gasteiger partial charge on any atom is -0.293 e. The zero-order valence-electron chi connectivity index (χ0n) is 13.2. The lowest BCUT2D eigenvalue weighted by Crippen LogP contribution is -2.14. The first-order valence-electron chi connectivity index (χ1n) is 7.36. The Hall–Kier alpha value is -2.18. The largest absolute Gasteiger partial charge is 0.293 e. The molecule has 1 aromatic heterocycles. The van der Waals surface area contributed by atoms with Gasteiger partial charge in [0.05, 0.1) is 10.9 Å². The van der Waals surface area contributed by atoms with E-state index in [1.54, 1.807) is 16.8 Å². The van der Waals surface area contributed by atoms with Crippen molar-refractivity contribution in [3.8, 4) is 5.69 Å². The first kappa shape index (κ1) is 16.7. The van der Waals surface area contributed by atoms with E-state index in [0.717, 1.165) is 11.3 Å². The van der Waals surface area contributed by atoms with E-state index in [9.17, 15) is 4.79 Å². The topological polar surface area (TPSA) is 60.7 Å². The molecule has 0 N–H and O–H groups in total. The second kappa shape index (κ2) is 7.15. The summed E-state index contributed by atoms with van der Waals surface area (Å²) in [6.07, 6.45) is 0. The van der Waals surface area contributed by atoms with Gasteiger partial charge in [0.25, 0.3) is 0 Å². The molecule has 0 bridgehead atoms. The van der Waals surface area contributed by atoms with Crippen molar-refractivity contribution in [3.05, 3.63) is 64.7 Å². The van der Waals surface area contributed by atoms with Crippen molar-refractivity contribution in [2.24, 2.45) is 0 Å². The van der Waals surface area contributed by atoms with Crippen LogP contribution in [0.2, 0.25) is 5.02 Å². The minimum absolute atomic E-state index is 0.0469. The fraction of sp³-hybridized carbons (Fsp3) is 0.176. The molecule has 0 saturated heterocycles. The van der Waals surface area contributed by atoms with Gasteiger partial charge in [0, 0.05) is 10.6 Å². The van der Waals surface area contributed by atoms with Gasteiger partial charge in [-0.3, -0.25) is 4.79 Å². The third-order valence-corrected chi connectivity index (χ3v) is 4.78. The number of hydrogen-bond acceptors (Lipinski definition) is 5. The van der Waals surface area contributed by atoms with E-state index in [1.165, 1.54) is 11.8 Å². The van der Waals surface area contributed by atoms with Crippen LogP contribution in [-0.2, 0) is 0 Å². The Morgan fingerprint density at radius 2 is 1.79 bits per heavy atom. The molecule has 0 fully saturated rings. The second-order valence-electron chi connectivity index (χ2n) is 5.34. The summed E-state index contributed by atoms with van der Waals surface area (Å²) in [4.78, 5) is 12.6. The Bertz CT molecular complexity index is 846. The van der Waals surface area contributed by atoms with Crippen molar-refractivity contribution < 1.29 is 4.79 Å². The zero-order valence-corrected chi connectivity index (χ0v) is 14.8. The van der Waals surface area contributed by atoms with Gasteiger partial charge in [-0.15, -0.1) is 5.10 Å². The average molecular weight is 359 g/mol. The van der Waals surface area contributed by atoms with Gasteiger partial charge in [0.2, 0.25) is 5.16 Å². The molecule has 7 heteroatoms. The number of rotatable bonds is 5. The van der Waals surface area contributed by atoms with Gasteiger partial charge in [-0.2, -0.15) is 4.68 Å². The predicted molar refractivity (Wildman–Crippen MR) is 95.0 cm³/mol. The molecule has 1 atom stereocenters. The molecule has 5 nitrogen and oxygen atoms in total. The van der Waals surface area contributed by atoms with Gasteiger partial charge in [-0.05, 0) is 48.5 Å². The maximum Gasteiger partial charge on any atom is 0.214 e. The van der Waals surface area contributed by atoms with Crippen LogP contribution in [0.4, 0.5) is 0 Å². The van der Waals surface area contributed by atoms with Crippen LogP contribution in [0.3, 0.4) is 0 Å². The molecule has 0 spiro atoms. The van der Waals surface area contributed by atoms with E-state index in [2.05, 4.69) is 15.5 Å². The number of ketones is 1. The van der Waals surface area contributed by atoms with Crippen LogP contribution in [0.5, 0.6) is 0 Å². The Morgan fingerprint density at radius 1 is 1.12 bits per heavy atom. The number of benzene rings is 2. The lowest BCUT2D eigenvalue weighted by Gasteiger charge is -2.10. The minimum atomic E-state index is -0.301. The van der Waals surface area contributed by atoms with Crippen LogP contribution in [0.25, 0.3) is 5.69 Å². The van der Waals surface area contributed by atoms with Gasteiger partial charge < -0.3 is 0 Å². The monoisotopic (exact) mass is 358 g/mol. The summed E-state index contributed by atoms with van der Waals surface area (Å²) in [7, 11) is 0. The molecule has 0 saturated carbocycles. The molecule has 122 valence electrons. The number of Topliss-reactive ketones (excluding diaryl/α,β-unsaturated/α-hetero) is 1. The molecule has 0 unspecified atom stereocenters. The standard InChI is InChI=1S/C17H15ClN4OS/c1-11-3-5-13(6-4-11)16(23)12(2)24-17-19-20-21-22(17)15-9-7-14(18)8-10-15/h3-10,12H,1-2H3/t12-/m1/s1. The quantitative estimate of drug-likeness (QED) is 0.510. The highest BCUT2D eigenvalue weighted by Crippen LogP contribution is 2.25. The number of thioether (sulfide) groups is 1. The number of hydrogen-bond donors (Lipinski definition) is 0. The van der Waals surface area contributed by atoms with Gasteiger partial charge in [0.1, 0.15) is 0 Å². The molecule has 0 amide bonds. The van der Waals surface area contributed by atoms with Crippen molar-refractivity contribution in [2.45, 2.75) is 24.3 Å². The number of nitrogens with zero attached hydrogens (tertiary/aromatic N) is 4. The lowest BCUT2D eigenvalue weighted by atomic mass is 10.1. The molecule has 0 aliphatic carbocycles. The van der Waals surface area contributed by atoms with Crippen LogP contribution in [0, 0.1) is 6.92 Å². The number of tetrazole rings is 1. The summed E-state index contributed by atoms with van der Waals surface area (Å²) < 4.78 is 1.60. The van der Waals surface area contributed by atoms with Crippen LogP contribution in [0.1, 0.15) is 22.8 Å². The Kier molecular flexibility index (Phi) is 4.97. The highest BCUT2D eigenvalue weighted by atomic mass is 35.5. The second-order valence-corrected chi connectivity index (χ2v) is 7.08. The predicted octanol–water partition coefficient (Wildman–Crippen LogP) is 3.99. The average Bonchev–Trinajstić information content (AvgIpc) is 3.03. The summed E-state index contributed by atoms with van der Waals surface area (Å²) in [6.45, 7) is 3.85. The van der Waals surface area contributed by atoms with Crippen molar-refractivity contribution in [2.75, 3.05) is 0 Å². The van der Waals surface area contributed by atoms with E-state index in [0.29, 0.717) is 15.7 Å². The molecule has 1 heterocycles. The Labute approximate surface area is 149 Å². The molecule has 0 radical (unpaired) electrons. The lowest BCUT2D eigenvalue weighted by molar-refractivity contribution is 0.0994. The number of carbonyl (C=O) groups is 1. The first-order chi connectivity index (χ1) is 11.5. The van der Waals surface area contributed by atoms with Crippen LogP contribution >= 0.6 is 23.4 Å². The molecule has 24 heavy (non-hydrogen) atoms. The van der Waals surface area contributed by atoms with Crippen LogP contribution in [0.15, 0.2) is 53.7 Å².